The minimum Gasteiger partial charge on any atom is -0.469 e. The molecule has 1 aliphatic rings. The van der Waals surface area contributed by atoms with Crippen LogP contribution >= 0.6 is 0 Å². The molecule has 1 aliphatic heterocycles. The third-order valence-corrected chi connectivity index (χ3v) is 4.41. The molecule has 0 spiro atoms. The van der Waals surface area contributed by atoms with Crippen LogP contribution in [0.25, 0.3) is 11.0 Å². The van der Waals surface area contributed by atoms with Crippen molar-refractivity contribution in [2.45, 2.75) is 12.8 Å². The van der Waals surface area contributed by atoms with Crippen LogP contribution in [0.3, 0.4) is 0 Å². The van der Waals surface area contributed by atoms with Gasteiger partial charge in [-0.2, -0.15) is 0 Å². The molecule has 8 heteroatoms. The number of hydrogen-bond acceptors (Lipinski definition) is 7. The summed E-state index contributed by atoms with van der Waals surface area (Å²) in [6.07, 6.45) is 4.21. The molecule has 0 bridgehead atoms. The van der Waals surface area contributed by atoms with Crippen LogP contribution < -0.4 is 0 Å². The van der Waals surface area contributed by atoms with E-state index < -0.39 is 5.97 Å². The number of fused-ring (bicyclic) bond motifs is 1. The second-order valence-corrected chi connectivity index (χ2v) is 6.01. The maximum atomic E-state index is 12.2. The van der Waals surface area contributed by atoms with Gasteiger partial charge in [-0.15, -0.1) is 0 Å². The molecule has 1 fully saturated rings. The predicted molar refractivity (Wildman–Crippen MR) is 91.1 cm³/mol. The summed E-state index contributed by atoms with van der Waals surface area (Å²) in [6, 6.07) is 4.85. The molecular formula is C18H19N3O5. The Bertz CT molecular complexity index is 830. The van der Waals surface area contributed by atoms with Crippen LogP contribution in [0.1, 0.15) is 23.2 Å². The van der Waals surface area contributed by atoms with Crippen LogP contribution in [-0.2, 0) is 19.1 Å². The predicted octanol–water partition coefficient (Wildman–Crippen LogP) is 1.20. The maximum Gasteiger partial charge on any atom is 0.338 e. The minimum absolute atomic E-state index is 0.176. The summed E-state index contributed by atoms with van der Waals surface area (Å²) >= 11 is 0. The molecule has 3 rings (SSSR count). The first kappa shape index (κ1) is 17.8. The molecule has 2 aromatic rings. The molecule has 1 aromatic heterocycles. The highest BCUT2D eigenvalue weighted by Crippen LogP contribution is 2.18. The lowest BCUT2D eigenvalue weighted by molar-refractivity contribution is -0.149. The SMILES string of the molecule is COC(=O)C1CCN(C(=O)COC(=O)c2ccc3nccnc3c2)CC1. The largest absolute Gasteiger partial charge is 0.469 e. The Labute approximate surface area is 150 Å². The molecular weight excluding hydrogens is 338 g/mol. The normalized spacial score (nSPS) is 14.9. The summed E-state index contributed by atoms with van der Waals surface area (Å²) in [7, 11) is 1.36. The van der Waals surface area contributed by atoms with E-state index in [2.05, 4.69) is 9.97 Å². The number of hydrogen-bond donors (Lipinski definition) is 0. The van der Waals surface area contributed by atoms with E-state index >= 15 is 0 Å². The molecule has 1 aromatic carbocycles. The third-order valence-electron chi connectivity index (χ3n) is 4.41. The van der Waals surface area contributed by atoms with E-state index in [0.717, 1.165) is 0 Å². The summed E-state index contributed by atoms with van der Waals surface area (Å²) in [5.74, 6) is -1.29. The van der Waals surface area contributed by atoms with Crippen molar-refractivity contribution in [1.29, 1.82) is 0 Å². The summed E-state index contributed by atoms with van der Waals surface area (Å²) in [4.78, 5) is 45.7. The molecule has 136 valence electrons. The first-order valence-corrected chi connectivity index (χ1v) is 8.32. The summed E-state index contributed by atoms with van der Waals surface area (Å²) in [5, 5.41) is 0. The third kappa shape index (κ3) is 3.96. The number of rotatable bonds is 4. The zero-order valence-electron chi connectivity index (χ0n) is 14.4. The van der Waals surface area contributed by atoms with Gasteiger partial charge in [0.25, 0.3) is 5.91 Å². The average molecular weight is 357 g/mol. The van der Waals surface area contributed by atoms with Gasteiger partial charge >= 0.3 is 11.9 Å². The van der Waals surface area contributed by atoms with Crippen molar-refractivity contribution in [3.05, 3.63) is 36.2 Å². The van der Waals surface area contributed by atoms with Crippen molar-refractivity contribution < 1.29 is 23.9 Å². The van der Waals surface area contributed by atoms with Gasteiger partial charge in [0.2, 0.25) is 0 Å². The van der Waals surface area contributed by atoms with Gasteiger partial charge in [-0.25, -0.2) is 4.79 Å². The Morgan fingerprint density at radius 3 is 2.50 bits per heavy atom. The Morgan fingerprint density at radius 1 is 1.12 bits per heavy atom. The molecule has 2 heterocycles. The number of esters is 2. The van der Waals surface area contributed by atoms with E-state index in [-0.39, 0.29) is 24.4 Å². The zero-order chi connectivity index (χ0) is 18.5. The van der Waals surface area contributed by atoms with E-state index in [1.165, 1.54) is 7.11 Å². The number of likely N-dealkylation sites (tertiary alicyclic amines) is 1. The second-order valence-electron chi connectivity index (χ2n) is 6.01. The van der Waals surface area contributed by atoms with Crippen molar-refractivity contribution in [1.82, 2.24) is 14.9 Å². The lowest BCUT2D eigenvalue weighted by Gasteiger charge is -2.30. The highest BCUT2D eigenvalue weighted by molar-refractivity contribution is 5.94. The molecule has 1 amide bonds. The number of carbonyl (C=O) groups is 3. The highest BCUT2D eigenvalue weighted by atomic mass is 16.5. The Hall–Kier alpha value is -3.03. The van der Waals surface area contributed by atoms with E-state index in [1.54, 1.807) is 35.5 Å². The fourth-order valence-electron chi connectivity index (χ4n) is 2.92. The van der Waals surface area contributed by atoms with Crippen LogP contribution in [-0.4, -0.2) is 59.5 Å². The number of ether oxygens (including phenoxy) is 2. The Kier molecular flexibility index (Phi) is 5.40. The van der Waals surface area contributed by atoms with Crippen molar-refractivity contribution >= 4 is 28.9 Å². The molecule has 0 saturated carbocycles. The van der Waals surface area contributed by atoms with E-state index in [9.17, 15) is 14.4 Å². The Balaban J connectivity index is 1.52. The van der Waals surface area contributed by atoms with Gasteiger partial charge in [-0.3, -0.25) is 19.6 Å². The summed E-state index contributed by atoms with van der Waals surface area (Å²) in [6.45, 7) is 0.559. The van der Waals surface area contributed by atoms with Gasteiger partial charge in [0.15, 0.2) is 6.61 Å². The van der Waals surface area contributed by atoms with Gasteiger partial charge in [0.05, 0.1) is 29.6 Å². The van der Waals surface area contributed by atoms with Crippen LogP contribution in [0.4, 0.5) is 0 Å². The molecule has 0 unspecified atom stereocenters. The summed E-state index contributed by atoms with van der Waals surface area (Å²) < 4.78 is 9.84. The minimum atomic E-state index is -0.588. The molecule has 1 saturated heterocycles. The van der Waals surface area contributed by atoms with Gasteiger partial charge in [-0.1, -0.05) is 0 Å². The molecule has 0 radical (unpaired) electrons. The smallest absolute Gasteiger partial charge is 0.338 e. The average Bonchev–Trinajstić information content (AvgIpc) is 2.70. The van der Waals surface area contributed by atoms with Crippen LogP contribution in [0.5, 0.6) is 0 Å². The molecule has 0 atom stereocenters. The van der Waals surface area contributed by atoms with Crippen molar-refractivity contribution in [3.8, 4) is 0 Å². The molecule has 0 N–H and O–H groups in total. The first-order valence-electron chi connectivity index (χ1n) is 8.32. The standard InChI is InChI=1S/C18H19N3O5/c1-25-17(23)12-4-8-21(9-5-12)16(22)11-26-18(24)13-2-3-14-15(10-13)20-7-6-19-14/h2-3,6-7,10,12H,4-5,8-9,11H2,1H3. The number of nitrogens with zero attached hydrogens (tertiary/aromatic N) is 3. The highest BCUT2D eigenvalue weighted by Gasteiger charge is 2.28. The number of piperidine rings is 1. The van der Waals surface area contributed by atoms with E-state index in [0.29, 0.717) is 42.5 Å². The Morgan fingerprint density at radius 2 is 1.81 bits per heavy atom. The molecule has 0 aliphatic carbocycles. The second kappa shape index (κ2) is 7.90. The van der Waals surface area contributed by atoms with Gasteiger partial charge in [0, 0.05) is 25.5 Å². The van der Waals surface area contributed by atoms with Crippen molar-refractivity contribution in [3.63, 3.8) is 0 Å². The quantitative estimate of drug-likeness (QED) is 0.758. The first-order chi connectivity index (χ1) is 12.6. The lowest BCUT2D eigenvalue weighted by Crippen LogP contribution is -2.42. The number of methoxy groups -OCH3 is 1. The van der Waals surface area contributed by atoms with E-state index in [1.807, 2.05) is 0 Å². The maximum absolute atomic E-state index is 12.2. The molecule has 8 nitrogen and oxygen atoms in total. The topological polar surface area (TPSA) is 98.7 Å². The number of amides is 1. The van der Waals surface area contributed by atoms with Gasteiger partial charge in [0.1, 0.15) is 0 Å². The van der Waals surface area contributed by atoms with Crippen molar-refractivity contribution in [2.75, 3.05) is 26.8 Å². The van der Waals surface area contributed by atoms with Crippen LogP contribution in [0.2, 0.25) is 0 Å². The lowest BCUT2D eigenvalue weighted by atomic mass is 9.97. The zero-order valence-corrected chi connectivity index (χ0v) is 14.4. The van der Waals surface area contributed by atoms with Crippen LogP contribution in [0, 0.1) is 5.92 Å². The van der Waals surface area contributed by atoms with Crippen LogP contribution in [0.15, 0.2) is 30.6 Å². The van der Waals surface area contributed by atoms with Crippen molar-refractivity contribution in [2.24, 2.45) is 5.92 Å². The number of aromatic nitrogens is 2. The monoisotopic (exact) mass is 357 g/mol. The van der Waals surface area contributed by atoms with E-state index in [4.69, 9.17) is 9.47 Å². The van der Waals surface area contributed by atoms with Gasteiger partial charge in [-0.05, 0) is 31.0 Å². The fraction of sp³-hybridized carbons (Fsp3) is 0.389. The fourth-order valence-corrected chi connectivity index (χ4v) is 2.92. The number of benzene rings is 1. The molecule has 26 heavy (non-hydrogen) atoms. The summed E-state index contributed by atoms with van der Waals surface area (Å²) in [5.41, 5.74) is 1.57. The number of carbonyl (C=O) groups excluding carboxylic acids is 3. The van der Waals surface area contributed by atoms with Gasteiger partial charge < -0.3 is 14.4 Å².